The highest BCUT2D eigenvalue weighted by Crippen LogP contribution is 2.31. The van der Waals surface area contributed by atoms with E-state index >= 15 is 0 Å². The van der Waals surface area contributed by atoms with Crippen LogP contribution >= 0.6 is 0 Å². The van der Waals surface area contributed by atoms with Crippen LogP contribution in [0.4, 0.5) is 24.5 Å². The van der Waals surface area contributed by atoms with Crippen LogP contribution in [-0.4, -0.2) is 28.5 Å². The van der Waals surface area contributed by atoms with Crippen LogP contribution in [0.1, 0.15) is 15.9 Å². The number of carbonyl (C=O) groups is 1. The number of alkyl halides is 3. The zero-order valence-electron chi connectivity index (χ0n) is 17.4. The molecule has 0 saturated heterocycles. The van der Waals surface area contributed by atoms with E-state index in [1.54, 1.807) is 6.07 Å². The van der Waals surface area contributed by atoms with E-state index < -0.39 is 27.7 Å². The molecule has 3 aromatic rings. The molecular weight excluding hydrogens is 461 g/mol. The van der Waals surface area contributed by atoms with Gasteiger partial charge in [-0.3, -0.25) is 9.52 Å². The van der Waals surface area contributed by atoms with Crippen molar-refractivity contribution in [3.8, 4) is 11.5 Å². The Morgan fingerprint density at radius 2 is 1.52 bits per heavy atom. The summed E-state index contributed by atoms with van der Waals surface area (Å²) in [6.07, 6.45) is -4.60. The Morgan fingerprint density at radius 3 is 2.12 bits per heavy atom. The lowest BCUT2D eigenvalue weighted by atomic mass is 10.2. The second-order valence-electron chi connectivity index (χ2n) is 6.73. The number of ether oxygens (including phenoxy) is 2. The normalized spacial score (nSPS) is 11.5. The molecule has 0 aromatic heterocycles. The summed E-state index contributed by atoms with van der Waals surface area (Å²) in [5.41, 5.74) is -0.602. The molecule has 3 rings (SSSR count). The van der Waals surface area contributed by atoms with Crippen LogP contribution < -0.4 is 19.5 Å². The third kappa shape index (κ3) is 5.75. The molecule has 2 N–H and O–H groups in total. The Kier molecular flexibility index (Phi) is 6.82. The van der Waals surface area contributed by atoms with E-state index in [0.717, 1.165) is 12.1 Å². The van der Waals surface area contributed by atoms with Gasteiger partial charge in [0.1, 0.15) is 0 Å². The van der Waals surface area contributed by atoms with Crippen LogP contribution in [0, 0.1) is 0 Å². The summed E-state index contributed by atoms with van der Waals surface area (Å²) in [5.74, 6) is 0.359. The van der Waals surface area contributed by atoms with E-state index in [1.165, 1.54) is 56.7 Å². The predicted molar refractivity (Wildman–Crippen MR) is 116 cm³/mol. The molecule has 0 spiro atoms. The van der Waals surface area contributed by atoms with Crippen molar-refractivity contribution in [3.05, 3.63) is 77.9 Å². The molecule has 3 aromatic carbocycles. The van der Waals surface area contributed by atoms with E-state index in [0.29, 0.717) is 23.3 Å². The molecule has 0 aliphatic carbocycles. The van der Waals surface area contributed by atoms with Crippen molar-refractivity contribution in [2.75, 3.05) is 24.3 Å². The second kappa shape index (κ2) is 9.41. The molecule has 7 nitrogen and oxygen atoms in total. The Hall–Kier alpha value is -3.73. The Bertz CT molecular complexity index is 1260. The van der Waals surface area contributed by atoms with E-state index in [9.17, 15) is 26.4 Å². The van der Waals surface area contributed by atoms with E-state index in [1.807, 2.05) is 0 Å². The Labute approximate surface area is 188 Å². The van der Waals surface area contributed by atoms with Crippen molar-refractivity contribution < 1.29 is 35.9 Å². The fourth-order valence-corrected chi connectivity index (χ4v) is 3.92. The zero-order chi connectivity index (χ0) is 24.2. The smallest absolute Gasteiger partial charge is 0.416 e. The number of benzene rings is 3. The fourth-order valence-electron chi connectivity index (χ4n) is 2.87. The third-order valence-corrected chi connectivity index (χ3v) is 5.91. The number of methoxy groups -OCH3 is 2. The van der Waals surface area contributed by atoms with E-state index in [4.69, 9.17) is 9.47 Å². The lowest BCUT2D eigenvalue weighted by Gasteiger charge is -2.12. The molecule has 0 bridgehead atoms. The lowest BCUT2D eigenvalue weighted by Crippen LogP contribution is -2.15. The highest BCUT2D eigenvalue weighted by atomic mass is 32.2. The minimum absolute atomic E-state index is 0.191. The van der Waals surface area contributed by atoms with Crippen LogP contribution in [0.25, 0.3) is 0 Å². The van der Waals surface area contributed by atoms with Crippen molar-refractivity contribution in [2.45, 2.75) is 11.1 Å². The van der Waals surface area contributed by atoms with Gasteiger partial charge in [-0.2, -0.15) is 13.2 Å². The number of nitrogens with one attached hydrogen (secondary N) is 2. The zero-order valence-corrected chi connectivity index (χ0v) is 18.3. The number of anilines is 2. The van der Waals surface area contributed by atoms with Crippen molar-refractivity contribution in [1.82, 2.24) is 0 Å². The van der Waals surface area contributed by atoms with E-state index in [-0.39, 0.29) is 16.1 Å². The minimum atomic E-state index is -4.60. The van der Waals surface area contributed by atoms with Gasteiger partial charge < -0.3 is 14.8 Å². The number of rotatable bonds is 7. The maximum absolute atomic E-state index is 12.9. The first-order valence-corrected chi connectivity index (χ1v) is 10.9. The number of hydrogen-bond donors (Lipinski definition) is 2. The van der Waals surface area contributed by atoms with Crippen molar-refractivity contribution in [2.24, 2.45) is 0 Å². The van der Waals surface area contributed by atoms with Gasteiger partial charge in [0.15, 0.2) is 11.5 Å². The number of hydrogen-bond acceptors (Lipinski definition) is 5. The monoisotopic (exact) mass is 480 g/mol. The molecule has 0 saturated carbocycles. The molecule has 33 heavy (non-hydrogen) atoms. The first kappa shape index (κ1) is 23.9. The SMILES string of the molecule is COc1ccc(C(=O)Nc2ccc(S(=O)(=O)Nc3cccc(C(F)(F)F)c3)cc2)cc1OC. The second-order valence-corrected chi connectivity index (χ2v) is 8.41. The quantitative estimate of drug-likeness (QED) is 0.508. The summed E-state index contributed by atoms with van der Waals surface area (Å²) < 4.78 is 76.0. The topological polar surface area (TPSA) is 93.7 Å². The van der Waals surface area contributed by atoms with Gasteiger partial charge in [0.25, 0.3) is 15.9 Å². The van der Waals surface area contributed by atoms with Gasteiger partial charge in [-0.1, -0.05) is 6.07 Å². The van der Waals surface area contributed by atoms with Crippen molar-refractivity contribution in [1.29, 1.82) is 0 Å². The number of halogens is 3. The fraction of sp³-hybridized carbons (Fsp3) is 0.136. The first-order chi connectivity index (χ1) is 15.5. The molecule has 11 heteroatoms. The number of sulfonamides is 1. The maximum Gasteiger partial charge on any atom is 0.416 e. The summed E-state index contributed by atoms with van der Waals surface area (Å²) in [6, 6.07) is 13.6. The summed E-state index contributed by atoms with van der Waals surface area (Å²) >= 11 is 0. The number of carbonyl (C=O) groups excluding carboxylic acids is 1. The summed E-state index contributed by atoms with van der Waals surface area (Å²) in [7, 11) is -1.25. The molecule has 1 amide bonds. The predicted octanol–water partition coefficient (Wildman–Crippen LogP) is 4.78. The number of amides is 1. The highest BCUT2D eigenvalue weighted by Gasteiger charge is 2.30. The average molecular weight is 480 g/mol. The standard InChI is InChI=1S/C22H19F3N2O5S/c1-31-19-11-6-14(12-20(19)32-2)21(28)26-16-7-9-18(10-8-16)33(29,30)27-17-5-3-4-15(13-17)22(23,24)25/h3-13,27H,1-2H3,(H,26,28). The van der Waals surface area contributed by atoms with Gasteiger partial charge in [0.2, 0.25) is 0 Å². The maximum atomic E-state index is 12.9. The van der Waals surface area contributed by atoms with Gasteiger partial charge in [-0.25, -0.2) is 8.42 Å². The first-order valence-electron chi connectivity index (χ1n) is 9.37. The molecule has 0 unspecified atom stereocenters. The largest absolute Gasteiger partial charge is 0.493 e. The van der Waals surface area contributed by atoms with Gasteiger partial charge in [-0.05, 0) is 60.7 Å². The average Bonchev–Trinajstić information content (AvgIpc) is 2.78. The molecule has 0 atom stereocenters. The van der Waals surface area contributed by atoms with Crippen LogP contribution in [0.3, 0.4) is 0 Å². The molecule has 0 aliphatic rings. The van der Waals surface area contributed by atoms with Crippen LogP contribution in [0.5, 0.6) is 11.5 Å². The summed E-state index contributed by atoms with van der Waals surface area (Å²) in [5, 5.41) is 2.62. The van der Waals surface area contributed by atoms with Crippen molar-refractivity contribution >= 4 is 27.3 Å². The Balaban J connectivity index is 1.74. The van der Waals surface area contributed by atoms with Crippen LogP contribution in [0.2, 0.25) is 0 Å². The minimum Gasteiger partial charge on any atom is -0.493 e. The molecule has 0 aliphatic heterocycles. The highest BCUT2D eigenvalue weighted by molar-refractivity contribution is 7.92. The Morgan fingerprint density at radius 1 is 0.848 bits per heavy atom. The molecule has 0 radical (unpaired) electrons. The van der Waals surface area contributed by atoms with Gasteiger partial charge >= 0.3 is 6.18 Å². The third-order valence-electron chi connectivity index (χ3n) is 4.51. The van der Waals surface area contributed by atoms with Gasteiger partial charge in [0.05, 0.1) is 24.7 Å². The van der Waals surface area contributed by atoms with Gasteiger partial charge in [0, 0.05) is 16.9 Å². The lowest BCUT2D eigenvalue weighted by molar-refractivity contribution is -0.137. The molecular formula is C22H19F3N2O5S. The van der Waals surface area contributed by atoms with Gasteiger partial charge in [-0.15, -0.1) is 0 Å². The van der Waals surface area contributed by atoms with Crippen molar-refractivity contribution in [3.63, 3.8) is 0 Å². The molecule has 0 fully saturated rings. The summed E-state index contributed by atoms with van der Waals surface area (Å²) in [4.78, 5) is 12.3. The molecule has 174 valence electrons. The van der Waals surface area contributed by atoms with E-state index in [2.05, 4.69) is 10.0 Å². The molecule has 0 heterocycles. The van der Waals surface area contributed by atoms with Crippen LogP contribution in [0.15, 0.2) is 71.6 Å². The summed E-state index contributed by atoms with van der Waals surface area (Å²) in [6.45, 7) is 0. The van der Waals surface area contributed by atoms with Crippen LogP contribution in [-0.2, 0) is 16.2 Å².